The van der Waals surface area contributed by atoms with E-state index in [0.29, 0.717) is 5.69 Å². The summed E-state index contributed by atoms with van der Waals surface area (Å²) in [5.41, 5.74) is 6.01. The van der Waals surface area contributed by atoms with Crippen LogP contribution in [-0.2, 0) is 5.54 Å². The van der Waals surface area contributed by atoms with E-state index in [4.69, 9.17) is 5.73 Å². The van der Waals surface area contributed by atoms with E-state index in [9.17, 15) is 13.2 Å². The fraction of sp³-hybridized carbons (Fsp3) is 0.556. The quantitative estimate of drug-likeness (QED) is 0.826. The van der Waals surface area contributed by atoms with Crippen molar-refractivity contribution in [2.24, 2.45) is 5.73 Å². The molecule has 3 N–H and O–H groups in total. The van der Waals surface area contributed by atoms with Crippen LogP contribution in [0.25, 0.3) is 0 Å². The smallest absolute Gasteiger partial charge is 0.345 e. The lowest BCUT2D eigenvalue weighted by atomic mass is 10.2. The van der Waals surface area contributed by atoms with Gasteiger partial charge in [-0.15, -0.1) is 0 Å². The van der Waals surface area contributed by atoms with Crippen molar-refractivity contribution >= 4 is 5.95 Å². The van der Waals surface area contributed by atoms with Gasteiger partial charge in [0.2, 0.25) is 5.95 Å². The second-order valence-corrected chi connectivity index (χ2v) is 3.89. The van der Waals surface area contributed by atoms with Crippen LogP contribution in [0.1, 0.15) is 18.5 Å². The maximum atomic E-state index is 11.9. The average Bonchev–Trinajstić information content (AvgIpc) is 2.95. The lowest BCUT2D eigenvalue weighted by Gasteiger charge is -2.11. The molecular formula is C9H11F3N4. The highest BCUT2D eigenvalue weighted by atomic mass is 19.4. The van der Waals surface area contributed by atoms with Crippen molar-refractivity contribution in [3.8, 4) is 0 Å². The number of alkyl halides is 3. The number of rotatable bonds is 3. The van der Waals surface area contributed by atoms with E-state index >= 15 is 0 Å². The molecule has 88 valence electrons. The molecule has 0 aromatic carbocycles. The van der Waals surface area contributed by atoms with Crippen molar-refractivity contribution in [3.05, 3.63) is 18.0 Å². The third-order valence-corrected chi connectivity index (χ3v) is 2.40. The van der Waals surface area contributed by atoms with Crippen LogP contribution in [-0.4, -0.2) is 22.7 Å². The zero-order valence-corrected chi connectivity index (χ0v) is 8.38. The van der Waals surface area contributed by atoms with Crippen LogP contribution in [0.5, 0.6) is 0 Å². The molecule has 2 rings (SSSR count). The standard InChI is InChI=1S/C9H11F3N4/c10-9(11,12)5-15-7-14-4-1-6(16-7)8(13)2-3-8/h1,4H,2-3,5,13H2,(H,14,15,16). The Bertz CT molecular complexity index is 387. The van der Waals surface area contributed by atoms with Gasteiger partial charge < -0.3 is 11.1 Å². The van der Waals surface area contributed by atoms with Gasteiger partial charge in [-0.1, -0.05) is 0 Å². The van der Waals surface area contributed by atoms with Crippen LogP contribution < -0.4 is 11.1 Å². The van der Waals surface area contributed by atoms with Crippen molar-refractivity contribution < 1.29 is 13.2 Å². The van der Waals surface area contributed by atoms with Gasteiger partial charge in [0.15, 0.2) is 0 Å². The molecule has 7 heteroatoms. The molecule has 0 saturated heterocycles. The summed E-state index contributed by atoms with van der Waals surface area (Å²) in [5, 5.41) is 2.12. The largest absolute Gasteiger partial charge is 0.405 e. The SMILES string of the molecule is NC1(c2ccnc(NCC(F)(F)F)n2)CC1. The van der Waals surface area contributed by atoms with E-state index in [1.54, 1.807) is 6.07 Å². The predicted molar refractivity (Wildman–Crippen MR) is 51.7 cm³/mol. The molecule has 1 aliphatic carbocycles. The van der Waals surface area contributed by atoms with Crippen LogP contribution in [0, 0.1) is 0 Å². The molecule has 0 unspecified atom stereocenters. The maximum Gasteiger partial charge on any atom is 0.405 e. The first-order valence-electron chi connectivity index (χ1n) is 4.82. The molecule has 4 nitrogen and oxygen atoms in total. The van der Waals surface area contributed by atoms with Crippen molar-refractivity contribution in [2.45, 2.75) is 24.6 Å². The Morgan fingerprint density at radius 1 is 1.44 bits per heavy atom. The molecule has 1 fully saturated rings. The third kappa shape index (κ3) is 2.60. The molecule has 1 heterocycles. The van der Waals surface area contributed by atoms with E-state index in [2.05, 4.69) is 15.3 Å². The first-order chi connectivity index (χ1) is 7.39. The Balaban J connectivity index is 2.05. The van der Waals surface area contributed by atoms with E-state index < -0.39 is 18.3 Å². The van der Waals surface area contributed by atoms with Gasteiger partial charge in [0.1, 0.15) is 6.54 Å². The zero-order valence-electron chi connectivity index (χ0n) is 8.38. The summed E-state index contributed by atoms with van der Waals surface area (Å²) in [6.45, 7) is -1.14. The summed E-state index contributed by atoms with van der Waals surface area (Å²) in [5.74, 6) is -0.0356. The molecule has 1 aromatic heterocycles. The minimum Gasteiger partial charge on any atom is -0.345 e. The lowest BCUT2D eigenvalue weighted by molar-refractivity contribution is -0.115. The summed E-state index contributed by atoms with van der Waals surface area (Å²) >= 11 is 0. The van der Waals surface area contributed by atoms with Crippen molar-refractivity contribution in [2.75, 3.05) is 11.9 Å². The molecule has 0 atom stereocenters. The molecule has 0 aliphatic heterocycles. The Kier molecular flexibility index (Phi) is 2.49. The Morgan fingerprint density at radius 2 is 2.12 bits per heavy atom. The van der Waals surface area contributed by atoms with Crippen LogP contribution in [0.2, 0.25) is 0 Å². The van der Waals surface area contributed by atoms with E-state index in [1.165, 1.54) is 6.20 Å². The number of anilines is 1. The normalized spacial score (nSPS) is 18.2. The summed E-state index contributed by atoms with van der Waals surface area (Å²) in [4.78, 5) is 7.67. The zero-order chi connectivity index (χ0) is 11.8. The monoisotopic (exact) mass is 232 g/mol. The highest BCUT2D eigenvalue weighted by Crippen LogP contribution is 2.41. The number of nitrogens with zero attached hydrogens (tertiary/aromatic N) is 2. The van der Waals surface area contributed by atoms with Crippen LogP contribution in [0.4, 0.5) is 19.1 Å². The molecule has 0 amide bonds. The number of aromatic nitrogens is 2. The van der Waals surface area contributed by atoms with Crippen molar-refractivity contribution in [1.29, 1.82) is 0 Å². The molecular weight excluding hydrogens is 221 g/mol. The highest BCUT2D eigenvalue weighted by Gasteiger charge is 2.41. The first-order valence-corrected chi connectivity index (χ1v) is 4.82. The molecule has 1 saturated carbocycles. The molecule has 16 heavy (non-hydrogen) atoms. The van der Waals surface area contributed by atoms with Crippen LogP contribution >= 0.6 is 0 Å². The first kappa shape index (κ1) is 11.1. The number of nitrogens with one attached hydrogen (secondary N) is 1. The molecule has 1 aromatic rings. The van der Waals surface area contributed by atoms with Crippen molar-refractivity contribution in [3.63, 3.8) is 0 Å². The van der Waals surface area contributed by atoms with E-state index in [1.807, 2.05) is 0 Å². The second kappa shape index (κ2) is 3.58. The number of hydrogen-bond donors (Lipinski definition) is 2. The minimum atomic E-state index is -4.28. The number of halogens is 3. The lowest BCUT2D eigenvalue weighted by Crippen LogP contribution is -2.24. The Morgan fingerprint density at radius 3 is 2.69 bits per heavy atom. The van der Waals surface area contributed by atoms with E-state index in [-0.39, 0.29) is 5.95 Å². The molecule has 0 radical (unpaired) electrons. The molecule has 0 bridgehead atoms. The third-order valence-electron chi connectivity index (χ3n) is 2.40. The fourth-order valence-electron chi connectivity index (χ4n) is 1.29. The van der Waals surface area contributed by atoms with Crippen LogP contribution in [0.3, 0.4) is 0 Å². The average molecular weight is 232 g/mol. The molecule has 0 spiro atoms. The van der Waals surface area contributed by atoms with Gasteiger partial charge in [-0.05, 0) is 18.9 Å². The Labute approximate surface area is 90.1 Å². The van der Waals surface area contributed by atoms with Gasteiger partial charge in [-0.25, -0.2) is 9.97 Å². The Hall–Kier alpha value is -1.37. The van der Waals surface area contributed by atoms with Gasteiger partial charge in [-0.2, -0.15) is 13.2 Å². The van der Waals surface area contributed by atoms with Gasteiger partial charge in [0.25, 0.3) is 0 Å². The van der Waals surface area contributed by atoms with Gasteiger partial charge in [0.05, 0.1) is 11.2 Å². The highest BCUT2D eigenvalue weighted by molar-refractivity contribution is 5.30. The summed E-state index contributed by atoms with van der Waals surface area (Å²) in [7, 11) is 0. The summed E-state index contributed by atoms with van der Waals surface area (Å²) < 4.78 is 35.8. The predicted octanol–water partition coefficient (Wildman–Crippen LogP) is 1.40. The second-order valence-electron chi connectivity index (χ2n) is 3.89. The summed E-state index contributed by atoms with van der Waals surface area (Å²) in [6.07, 6.45) is -1.25. The van der Waals surface area contributed by atoms with E-state index in [0.717, 1.165) is 12.8 Å². The maximum absolute atomic E-state index is 11.9. The summed E-state index contributed by atoms with van der Waals surface area (Å²) in [6, 6.07) is 1.63. The van der Waals surface area contributed by atoms with Crippen LogP contribution in [0.15, 0.2) is 12.3 Å². The fourth-order valence-corrected chi connectivity index (χ4v) is 1.29. The van der Waals surface area contributed by atoms with Crippen molar-refractivity contribution in [1.82, 2.24) is 9.97 Å². The number of hydrogen-bond acceptors (Lipinski definition) is 4. The van der Waals surface area contributed by atoms with Gasteiger partial charge in [-0.3, -0.25) is 0 Å². The van der Waals surface area contributed by atoms with Gasteiger partial charge >= 0.3 is 6.18 Å². The number of nitrogens with two attached hydrogens (primary N) is 1. The van der Waals surface area contributed by atoms with Gasteiger partial charge in [0, 0.05) is 6.20 Å². The molecule has 1 aliphatic rings. The topological polar surface area (TPSA) is 63.8 Å². The minimum absolute atomic E-state index is 0.0356.